The van der Waals surface area contributed by atoms with Crippen LogP contribution in [0.1, 0.15) is 43.6 Å². The molecule has 4 rings (SSSR count). The van der Waals surface area contributed by atoms with Crippen molar-refractivity contribution in [3.63, 3.8) is 0 Å². The molecule has 0 saturated carbocycles. The Morgan fingerprint density at radius 3 is 2.23 bits per heavy atom. The van der Waals surface area contributed by atoms with Crippen molar-refractivity contribution in [2.24, 2.45) is 0 Å². The summed E-state index contributed by atoms with van der Waals surface area (Å²) in [6.45, 7) is 8.58. The van der Waals surface area contributed by atoms with Crippen LogP contribution in [0.15, 0.2) is 48.7 Å². The van der Waals surface area contributed by atoms with Crippen LogP contribution in [0.3, 0.4) is 0 Å². The van der Waals surface area contributed by atoms with Crippen molar-refractivity contribution in [2.45, 2.75) is 33.4 Å². The molecule has 0 bridgehead atoms. The van der Waals surface area contributed by atoms with Crippen LogP contribution in [0.25, 0.3) is 5.69 Å². The molecule has 3 aromatic rings. The number of hydrogen-bond acceptors (Lipinski definition) is 4. The van der Waals surface area contributed by atoms with E-state index >= 15 is 0 Å². The van der Waals surface area contributed by atoms with Gasteiger partial charge in [-0.1, -0.05) is 0 Å². The van der Waals surface area contributed by atoms with Gasteiger partial charge >= 0.3 is 0 Å². The van der Waals surface area contributed by atoms with Crippen LogP contribution in [0.4, 0.5) is 0 Å². The zero-order chi connectivity index (χ0) is 21.8. The van der Waals surface area contributed by atoms with Gasteiger partial charge in [-0.25, -0.2) is 0 Å². The number of benzene rings is 2. The molecule has 164 valence electrons. The Morgan fingerprint density at radius 1 is 0.871 bits per heavy atom. The largest absolute Gasteiger partial charge is 0.493 e. The Labute approximate surface area is 183 Å². The van der Waals surface area contributed by atoms with E-state index < -0.39 is 0 Å². The van der Waals surface area contributed by atoms with E-state index in [0.717, 1.165) is 35.2 Å². The molecule has 0 fully saturated rings. The summed E-state index contributed by atoms with van der Waals surface area (Å²) >= 11 is 0. The molecule has 6 heteroatoms. The van der Waals surface area contributed by atoms with E-state index in [0.29, 0.717) is 19.8 Å². The highest BCUT2D eigenvalue weighted by atomic mass is 16.5. The van der Waals surface area contributed by atoms with E-state index in [2.05, 4.69) is 52.5 Å². The quantitative estimate of drug-likeness (QED) is 0.598. The molecule has 0 unspecified atom stereocenters. The normalized spacial score (nSPS) is 14.9. The van der Waals surface area contributed by atoms with E-state index in [1.54, 1.807) is 7.11 Å². The van der Waals surface area contributed by atoms with Gasteiger partial charge in [0.2, 0.25) is 0 Å². The minimum absolute atomic E-state index is 0.124. The minimum atomic E-state index is 0.124. The molecule has 1 aliphatic heterocycles. The number of quaternary nitrogens is 1. The van der Waals surface area contributed by atoms with Crippen LogP contribution in [0.5, 0.6) is 23.0 Å². The van der Waals surface area contributed by atoms with E-state index in [-0.39, 0.29) is 6.04 Å². The molecule has 0 amide bonds. The maximum absolute atomic E-state index is 5.89. The molecule has 2 aromatic carbocycles. The summed E-state index contributed by atoms with van der Waals surface area (Å²) < 4.78 is 25.3. The molecule has 0 radical (unpaired) electrons. The smallest absolute Gasteiger partial charge is 0.163 e. The molecule has 0 spiro atoms. The third-order valence-electron chi connectivity index (χ3n) is 5.52. The summed E-state index contributed by atoms with van der Waals surface area (Å²) in [4.78, 5) is 0. The number of fused-ring (bicyclic) bond motifs is 3. The highest BCUT2D eigenvalue weighted by Crippen LogP contribution is 2.37. The fraction of sp³-hybridized carbons (Fsp3) is 0.360. The second kappa shape index (κ2) is 9.35. The van der Waals surface area contributed by atoms with Gasteiger partial charge in [0.15, 0.2) is 29.0 Å². The van der Waals surface area contributed by atoms with Gasteiger partial charge in [-0.15, -0.1) is 0 Å². The lowest BCUT2D eigenvalue weighted by Crippen LogP contribution is -2.83. The second-order valence-electron chi connectivity index (χ2n) is 7.36. The highest BCUT2D eigenvalue weighted by Gasteiger charge is 2.28. The Kier molecular flexibility index (Phi) is 6.37. The lowest BCUT2D eigenvalue weighted by molar-refractivity contribution is -0.702. The number of rotatable bonds is 8. The van der Waals surface area contributed by atoms with Crippen LogP contribution >= 0.6 is 0 Å². The van der Waals surface area contributed by atoms with Gasteiger partial charge < -0.3 is 28.8 Å². The monoisotopic (exact) mass is 423 g/mol. The van der Waals surface area contributed by atoms with Crippen LogP contribution in [-0.2, 0) is 6.54 Å². The highest BCUT2D eigenvalue weighted by molar-refractivity contribution is 5.56. The molecule has 6 nitrogen and oxygen atoms in total. The summed E-state index contributed by atoms with van der Waals surface area (Å²) in [7, 11) is 1.67. The first-order valence-corrected chi connectivity index (χ1v) is 10.9. The van der Waals surface area contributed by atoms with Gasteiger partial charge in [-0.05, 0) is 57.2 Å². The summed E-state index contributed by atoms with van der Waals surface area (Å²) in [5.41, 5.74) is 4.72. The minimum Gasteiger partial charge on any atom is -0.493 e. The van der Waals surface area contributed by atoms with Crippen molar-refractivity contribution in [3.8, 4) is 28.7 Å². The van der Waals surface area contributed by atoms with Gasteiger partial charge in [-0.3, -0.25) is 0 Å². The fourth-order valence-corrected chi connectivity index (χ4v) is 4.21. The van der Waals surface area contributed by atoms with Crippen LogP contribution in [-0.4, -0.2) is 31.5 Å². The molecule has 1 aliphatic rings. The Bertz CT molecular complexity index is 1040. The third kappa shape index (κ3) is 4.08. The first-order chi connectivity index (χ1) is 15.2. The second-order valence-corrected chi connectivity index (χ2v) is 7.36. The maximum atomic E-state index is 5.89. The summed E-state index contributed by atoms with van der Waals surface area (Å²) in [5, 5.41) is 2.35. The van der Waals surface area contributed by atoms with Crippen molar-refractivity contribution in [1.29, 1.82) is 0 Å². The average Bonchev–Trinajstić information content (AvgIpc) is 3.20. The number of nitrogens with zero attached hydrogens (tertiary/aromatic N) is 1. The molecule has 2 N–H and O–H groups in total. The van der Waals surface area contributed by atoms with Crippen LogP contribution in [0, 0.1) is 0 Å². The molecule has 1 aromatic heterocycles. The van der Waals surface area contributed by atoms with Gasteiger partial charge in [0, 0.05) is 23.4 Å². The van der Waals surface area contributed by atoms with Gasteiger partial charge in [-0.2, -0.15) is 0 Å². The molecule has 0 saturated heterocycles. The number of aromatic nitrogens is 1. The molecule has 31 heavy (non-hydrogen) atoms. The third-order valence-corrected chi connectivity index (χ3v) is 5.52. The number of nitrogens with two attached hydrogens (primary N) is 1. The average molecular weight is 424 g/mol. The van der Waals surface area contributed by atoms with E-state index in [1.165, 1.54) is 16.8 Å². The molecular weight excluding hydrogens is 392 g/mol. The number of hydrogen-bond donors (Lipinski definition) is 1. The first-order valence-electron chi connectivity index (χ1n) is 10.9. The van der Waals surface area contributed by atoms with Crippen molar-refractivity contribution in [3.05, 3.63) is 65.5 Å². The summed E-state index contributed by atoms with van der Waals surface area (Å²) in [6.07, 6.45) is 2.11. The number of methoxy groups -OCH3 is 1. The SMILES string of the molecule is CCOc1cc([C@@H]2[NH2+]Cc3cc(OCC)c(OCC)cc3-n3cccc32)ccc1OC. The lowest BCUT2D eigenvalue weighted by atomic mass is 10.0. The standard InChI is InChI=1S/C25H30N2O4/c1-5-29-22-13-17(10-11-21(22)28-4)25-19-9-8-12-27(19)20-15-24(31-7-3)23(30-6-2)14-18(20)16-26-25/h8-15,25-26H,5-7,16H2,1-4H3/p+1/t25-/m0/s1. The van der Waals surface area contributed by atoms with Crippen molar-refractivity contribution in [1.82, 2.24) is 4.57 Å². The molecule has 1 atom stereocenters. The Balaban J connectivity index is 1.78. The zero-order valence-electron chi connectivity index (χ0n) is 18.7. The predicted molar refractivity (Wildman–Crippen MR) is 120 cm³/mol. The summed E-state index contributed by atoms with van der Waals surface area (Å²) in [6, 6.07) is 14.8. The van der Waals surface area contributed by atoms with Crippen molar-refractivity contribution >= 4 is 0 Å². The van der Waals surface area contributed by atoms with Gasteiger partial charge in [0.1, 0.15) is 6.54 Å². The zero-order valence-corrected chi connectivity index (χ0v) is 18.7. The summed E-state index contributed by atoms with van der Waals surface area (Å²) in [5.74, 6) is 3.10. The molecule has 0 aliphatic carbocycles. The predicted octanol–water partition coefficient (Wildman–Crippen LogP) is 3.85. The van der Waals surface area contributed by atoms with E-state index in [9.17, 15) is 0 Å². The van der Waals surface area contributed by atoms with Gasteiger partial charge in [0.05, 0.1) is 38.3 Å². The first kappa shape index (κ1) is 21.1. The van der Waals surface area contributed by atoms with Crippen molar-refractivity contribution < 1.29 is 24.3 Å². The number of ether oxygens (including phenoxy) is 4. The van der Waals surface area contributed by atoms with Crippen LogP contribution in [0.2, 0.25) is 0 Å². The van der Waals surface area contributed by atoms with E-state index in [1.807, 2.05) is 26.8 Å². The van der Waals surface area contributed by atoms with Gasteiger partial charge in [0.25, 0.3) is 0 Å². The Morgan fingerprint density at radius 2 is 1.55 bits per heavy atom. The molecular formula is C25H31N2O4+. The maximum Gasteiger partial charge on any atom is 0.163 e. The topological polar surface area (TPSA) is 58.5 Å². The fourth-order valence-electron chi connectivity index (χ4n) is 4.21. The van der Waals surface area contributed by atoms with Crippen molar-refractivity contribution in [2.75, 3.05) is 26.9 Å². The van der Waals surface area contributed by atoms with E-state index in [4.69, 9.17) is 18.9 Å². The Hall–Kier alpha value is -3.12. The van der Waals surface area contributed by atoms with Crippen LogP contribution < -0.4 is 24.3 Å². The molecule has 2 heterocycles. The lowest BCUT2D eigenvalue weighted by Gasteiger charge is -2.17.